The zero-order valence-electron chi connectivity index (χ0n) is 6.98. The lowest BCUT2D eigenvalue weighted by Gasteiger charge is -1.92. The molecule has 0 aliphatic carbocycles. The fraction of sp³-hybridized carbons (Fsp3) is 0.111. The van der Waals surface area contributed by atoms with E-state index in [1.54, 1.807) is 23.5 Å². The normalized spacial score (nSPS) is 10.5. The SMILES string of the molecule is Cc1csc2ccc([N+](=O)[O-])cc12. The molecule has 0 aliphatic rings. The van der Waals surface area contributed by atoms with Crippen LogP contribution in [0.1, 0.15) is 5.56 Å². The number of thiophene rings is 1. The fourth-order valence-corrected chi connectivity index (χ4v) is 2.18. The van der Waals surface area contributed by atoms with Crippen LogP contribution in [0.4, 0.5) is 5.69 Å². The minimum absolute atomic E-state index is 0.161. The van der Waals surface area contributed by atoms with E-state index in [0.717, 1.165) is 15.6 Å². The van der Waals surface area contributed by atoms with Crippen molar-refractivity contribution in [3.8, 4) is 0 Å². The highest BCUT2D eigenvalue weighted by molar-refractivity contribution is 7.17. The molecule has 0 atom stereocenters. The predicted octanol–water partition coefficient (Wildman–Crippen LogP) is 3.12. The maximum absolute atomic E-state index is 10.5. The summed E-state index contributed by atoms with van der Waals surface area (Å²) in [5.74, 6) is 0. The monoisotopic (exact) mass is 193 g/mol. The number of hydrogen-bond donors (Lipinski definition) is 0. The molecule has 4 heteroatoms. The van der Waals surface area contributed by atoms with E-state index >= 15 is 0 Å². The number of benzene rings is 1. The van der Waals surface area contributed by atoms with Gasteiger partial charge in [0.15, 0.2) is 0 Å². The van der Waals surface area contributed by atoms with E-state index < -0.39 is 0 Å². The van der Waals surface area contributed by atoms with Crippen LogP contribution in [-0.4, -0.2) is 4.92 Å². The summed E-state index contributed by atoms with van der Waals surface area (Å²) in [6, 6.07) is 4.96. The summed E-state index contributed by atoms with van der Waals surface area (Å²) in [4.78, 5) is 10.1. The predicted molar refractivity (Wildman–Crippen MR) is 53.2 cm³/mol. The van der Waals surface area contributed by atoms with Crippen LogP contribution in [0, 0.1) is 17.0 Å². The second kappa shape index (κ2) is 2.81. The molecule has 1 aromatic heterocycles. The van der Waals surface area contributed by atoms with Gasteiger partial charge in [-0.1, -0.05) is 0 Å². The summed E-state index contributed by atoms with van der Waals surface area (Å²) in [5, 5.41) is 13.5. The van der Waals surface area contributed by atoms with Crippen molar-refractivity contribution in [3.63, 3.8) is 0 Å². The van der Waals surface area contributed by atoms with Crippen molar-refractivity contribution < 1.29 is 4.92 Å². The van der Waals surface area contributed by atoms with E-state index in [4.69, 9.17) is 0 Å². The highest BCUT2D eigenvalue weighted by Crippen LogP contribution is 2.28. The second-order valence-electron chi connectivity index (χ2n) is 2.86. The maximum atomic E-state index is 10.5. The Kier molecular flexibility index (Phi) is 1.77. The van der Waals surface area contributed by atoms with Crippen LogP contribution < -0.4 is 0 Å². The van der Waals surface area contributed by atoms with Gasteiger partial charge in [0.1, 0.15) is 0 Å². The van der Waals surface area contributed by atoms with Gasteiger partial charge in [-0.05, 0) is 23.9 Å². The van der Waals surface area contributed by atoms with Crippen molar-refractivity contribution in [2.75, 3.05) is 0 Å². The number of nitro groups is 1. The molecular weight excluding hydrogens is 186 g/mol. The molecule has 3 nitrogen and oxygen atoms in total. The Balaban J connectivity index is 2.72. The third-order valence-electron chi connectivity index (χ3n) is 1.96. The number of nitro benzene ring substituents is 1. The van der Waals surface area contributed by atoms with Crippen LogP contribution in [0.2, 0.25) is 0 Å². The molecule has 0 amide bonds. The highest BCUT2D eigenvalue weighted by atomic mass is 32.1. The van der Waals surface area contributed by atoms with Gasteiger partial charge in [-0.25, -0.2) is 0 Å². The summed E-state index contributed by atoms with van der Waals surface area (Å²) in [6.45, 7) is 1.96. The van der Waals surface area contributed by atoms with Crippen molar-refractivity contribution in [3.05, 3.63) is 39.3 Å². The van der Waals surface area contributed by atoms with Crippen molar-refractivity contribution in [2.45, 2.75) is 6.92 Å². The summed E-state index contributed by atoms with van der Waals surface area (Å²) >= 11 is 1.61. The Labute approximate surface area is 78.8 Å². The average Bonchev–Trinajstić information content (AvgIpc) is 2.47. The molecule has 0 spiro atoms. The fourth-order valence-electron chi connectivity index (χ4n) is 1.26. The zero-order valence-corrected chi connectivity index (χ0v) is 7.80. The van der Waals surface area contributed by atoms with Crippen molar-refractivity contribution in [1.82, 2.24) is 0 Å². The lowest BCUT2D eigenvalue weighted by Crippen LogP contribution is -1.86. The molecule has 1 aromatic carbocycles. The standard InChI is InChI=1S/C9H7NO2S/c1-6-5-13-9-3-2-7(10(11)12)4-8(6)9/h2-5H,1H3. The van der Waals surface area contributed by atoms with E-state index in [9.17, 15) is 10.1 Å². The number of fused-ring (bicyclic) bond motifs is 1. The van der Waals surface area contributed by atoms with Gasteiger partial charge in [-0.3, -0.25) is 10.1 Å². The number of hydrogen-bond acceptors (Lipinski definition) is 3. The van der Waals surface area contributed by atoms with E-state index in [2.05, 4.69) is 0 Å². The van der Waals surface area contributed by atoms with Crippen molar-refractivity contribution in [1.29, 1.82) is 0 Å². The topological polar surface area (TPSA) is 43.1 Å². The number of rotatable bonds is 1. The summed E-state index contributed by atoms with van der Waals surface area (Å²) in [7, 11) is 0. The first kappa shape index (κ1) is 8.19. The smallest absolute Gasteiger partial charge is 0.258 e. The molecule has 0 saturated heterocycles. The van der Waals surface area contributed by atoms with Crippen LogP contribution in [-0.2, 0) is 0 Å². The molecular formula is C9H7NO2S. The van der Waals surface area contributed by atoms with E-state index in [-0.39, 0.29) is 10.6 Å². The lowest BCUT2D eigenvalue weighted by atomic mass is 10.2. The Morgan fingerprint density at radius 2 is 2.23 bits per heavy atom. The van der Waals surface area contributed by atoms with Crippen molar-refractivity contribution in [2.24, 2.45) is 0 Å². The second-order valence-corrected chi connectivity index (χ2v) is 3.77. The molecule has 0 N–H and O–H groups in total. The molecule has 0 unspecified atom stereocenters. The van der Waals surface area contributed by atoms with Gasteiger partial charge in [0.2, 0.25) is 0 Å². The van der Waals surface area contributed by atoms with Gasteiger partial charge in [0.25, 0.3) is 5.69 Å². The van der Waals surface area contributed by atoms with Gasteiger partial charge >= 0.3 is 0 Å². The van der Waals surface area contributed by atoms with Crippen LogP contribution >= 0.6 is 11.3 Å². The molecule has 2 rings (SSSR count). The maximum Gasteiger partial charge on any atom is 0.270 e. The van der Waals surface area contributed by atoms with Gasteiger partial charge < -0.3 is 0 Å². The first-order valence-electron chi connectivity index (χ1n) is 3.81. The highest BCUT2D eigenvalue weighted by Gasteiger charge is 2.07. The van der Waals surface area contributed by atoms with Crippen molar-refractivity contribution >= 4 is 27.1 Å². The number of non-ortho nitro benzene ring substituents is 1. The molecule has 13 heavy (non-hydrogen) atoms. The number of aryl methyl sites for hydroxylation is 1. The first-order valence-corrected chi connectivity index (χ1v) is 4.68. The minimum atomic E-state index is -0.365. The van der Waals surface area contributed by atoms with Crippen LogP contribution in [0.15, 0.2) is 23.6 Å². The molecule has 0 fully saturated rings. The van der Waals surface area contributed by atoms with E-state index in [1.165, 1.54) is 6.07 Å². The zero-order chi connectivity index (χ0) is 9.42. The van der Waals surface area contributed by atoms with Crippen LogP contribution in [0.25, 0.3) is 10.1 Å². The minimum Gasteiger partial charge on any atom is -0.258 e. The molecule has 0 bridgehead atoms. The largest absolute Gasteiger partial charge is 0.270 e. The third-order valence-corrected chi connectivity index (χ3v) is 3.04. The van der Waals surface area contributed by atoms with Gasteiger partial charge in [-0.2, -0.15) is 0 Å². The molecule has 0 radical (unpaired) electrons. The van der Waals surface area contributed by atoms with E-state index in [0.29, 0.717) is 0 Å². The molecule has 1 heterocycles. The lowest BCUT2D eigenvalue weighted by molar-refractivity contribution is -0.384. The Morgan fingerprint density at radius 1 is 1.46 bits per heavy atom. The number of nitrogens with zero attached hydrogens (tertiary/aromatic N) is 1. The van der Waals surface area contributed by atoms with Crippen LogP contribution in [0.5, 0.6) is 0 Å². The quantitative estimate of drug-likeness (QED) is 0.516. The average molecular weight is 193 g/mol. The summed E-state index contributed by atoms with van der Waals surface area (Å²) < 4.78 is 1.10. The third kappa shape index (κ3) is 1.29. The van der Waals surface area contributed by atoms with Gasteiger partial charge in [-0.15, -0.1) is 11.3 Å². The first-order chi connectivity index (χ1) is 6.18. The Bertz CT molecular complexity index is 475. The summed E-state index contributed by atoms with van der Waals surface area (Å²) in [6.07, 6.45) is 0. The molecule has 0 saturated carbocycles. The molecule has 0 aliphatic heterocycles. The van der Waals surface area contributed by atoms with Gasteiger partial charge in [0, 0.05) is 22.2 Å². The molecule has 66 valence electrons. The molecule has 2 aromatic rings. The van der Waals surface area contributed by atoms with Crippen LogP contribution in [0.3, 0.4) is 0 Å². The Morgan fingerprint density at radius 3 is 2.92 bits per heavy atom. The van der Waals surface area contributed by atoms with Gasteiger partial charge in [0.05, 0.1) is 4.92 Å². The summed E-state index contributed by atoms with van der Waals surface area (Å²) in [5.41, 5.74) is 1.26. The van der Waals surface area contributed by atoms with E-state index in [1.807, 2.05) is 12.3 Å². The Hall–Kier alpha value is -1.42.